The Morgan fingerprint density at radius 1 is 1.50 bits per heavy atom. The van der Waals surface area contributed by atoms with E-state index in [-0.39, 0.29) is 5.56 Å². The smallest absolute Gasteiger partial charge is 0.254 e. The van der Waals surface area contributed by atoms with Crippen molar-refractivity contribution in [1.82, 2.24) is 5.32 Å². The number of methoxy groups -OCH3 is 1. The molecule has 0 heterocycles. The molecular weight excluding hydrogens is 259 g/mol. The van der Waals surface area contributed by atoms with Gasteiger partial charge >= 0.3 is 0 Å². The maximum atomic E-state index is 13.9. The molecule has 5 heteroatoms. The largest absolute Gasteiger partial charge is 0.497 e. The number of nitrogens with two attached hydrogens (primary N) is 1. The molecule has 4 nitrogen and oxygen atoms in total. The number of amides is 1. The molecule has 0 saturated heterocycles. The first-order valence-electron chi connectivity index (χ1n) is 6.67. The Morgan fingerprint density at radius 2 is 2.15 bits per heavy atom. The van der Waals surface area contributed by atoms with Gasteiger partial charge in [0.2, 0.25) is 0 Å². The van der Waals surface area contributed by atoms with E-state index in [4.69, 9.17) is 10.5 Å². The molecule has 1 aromatic carbocycles. The van der Waals surface area contributed by atoms with Crippen LogP contribution in [-0.4, -0.2) is 25.1 Å². The van der Waals surface area contributed by atoms with E-state index in [2.05, 4.69) is 5.32 Å². The summed E-state index contributed by atoms with van der Waals surface area (Å²) in [5.74, 6) is -0.308. The zero-order valence-electron chi connectivity index (χ0n) is 12.5. The Bertz CT molecular complexity index is 477. The number of rotatable bonds is 6. The van der Waals surface area contributed by atoms with Gasteiger partial charge in [0.1, 0.15) is 11.6 Å². The number of hydrogen-bond acceptors (Lipinski definition) is 3. The molecule has 1 aromatic rings. The number of nitrogens with one attached hydrogen (secondary N) is 1. The Hall–Kier alpha value is -1.62. The Kier molecular flexibility index (Phi) is 5.51. The van der Waals surface area contributed by atoms with Crippen LogP contribution in [0.5, 0.6) is 5.75 Å². The molecule has 0 fully saturated rings. The highest BCUT2D eigenvalue weighted by atomic mass is 19.1. The lowest BCUT2D eigenvalue weighted by molar-refractivity contribution is 0.0894. The van der Waals surface area contributed by atoms with Gasteiger partial charge in [-0.2, -0.15) is 0 Å². The van der Waals surface area contributed by atoms with E-state index in [1.165, 1.54) is 19.2 Å². The van der Waals surface area contributed by atoms with Gasteiger partial charge in [0.25, 0.3) is 5.91 Å². The Balaban J connectivity index is 2.89. The van der Waals surface area contributed by atoms with Crippen LogP contribution in [0.15, 0.2) is 18.2 Å². The topological polar surface area (TPSA) is 64.3 Å². The molecule has 0 saturated carbocycles. The van der Waals surface area contributed by atoms with Gasteiger partial charge in [0, 0.05) is 18.2 Å². The molecule has 0 aliphatic rings. The van der Waals surface area contributed by atoms with Crippen molar-refractivity contribution in [3.8, 4) is 5.75 Å². The molecule has 112 valence electrons. The average Bonchev–Trinajstić information content (AvgIpc) is 2.37. The Labute approximate surface area is 119 Å². The first kappa shape index (κ1) is 16.4. The molecule has 1 amide bonds. The van der Waals surface area contributed by atoms with Crippen molar-refractivity contribution >= 4 is 5.91 Å². The molecular formula is C15H23FN2O2. The summed E-state index contributed by atoms with van der Waals surface area (Å²) in [6.07, 6.45) is 0.729. The summed E-state index contributed by atoms with van der Waals surface area (Å²) in [6, 6.07) is 4.16. The fourth-order valence-corrected chi connectivity index (χ4v) is 2.23. The predicted octanol–water partition coefficient (Wildman–Crippen LogP) is 2.33. The number of carbonyl (C=O) groups is 1. The highest BCUT2D eigenvalue weighted by molar-refractivity contribution is 5.95. The van der Waals surface area contributed by atoms with E-state index in [0.29, 0.717) is 18.2 Å². The van der Waals surface area contributed by atoms with Crippen LogP contribution in [-0.2, 0) is 0 Å². The zero-order valence-corrected chi connectivity index (χ0v) is 12.5. The molecule has 0 radical (unpaired) electrons. The minimum Gasteiger partial charge on any atom is -0.497 e. The van der Waals surface area contributed by atoms with E-state index < -0.39 is 17.3 Å². The second kappa shape index (κ2) is 6.70. The summed E-state index contributed by atoms with van der Waals surface area (Å²) in [5, 5.41) is 2.82. The lowest BCUT2D eigenvalue weighted by Gasteiger charge is -2.31. The number of halogens is 1. The fraction of sp³-hybridized carbons (Fsp3) is 0.533. The van der Waals surface area contributed by atoms with E-state index in [1.807, 2.05) is 20.8 Å². The van der Waals surface area contributed by atoms with Crippen molar-refractivity contribution in [2.24, 2.45) is 11.7 Å². The van der Waals surface area contributed by atoms with Gasteiger partial charge in [0.05, 0.1) is 12.7 Å². The standard InChI is InChI=1S/C15H23FN2O2/c1-10(2)8-15(3,9-17)18-14(19)12-6-5-11(20-4)7-13(12)16/h5-7,10H,8-9,17H2,1-4H3,(H,18,19). The molecule has 1 atom stereocenters. The average molecular weight is 282 g/mol. The predicted molar refractivity (Wildman–Crippen MR) is 77.3 cm³/mol. The van der Waals surface area contributed by atoms with Crippen LogP contribution in [0.2, 0.25) is 0 Å². The van der Waals surface area contributed by atoms with Crippen molar-refractivity contribution in [2.45, 2.75) is 32.7 Å². The summed E-state index contributed by atoms with van der Waals surface area (Å²) >= 11 is 0. The number of benzene rings is 1. The first-order valence-corrected chi connectivity index (χ1v) is 6.67. The quantitative estimate of drug-likeness (QED) is 0.841. The number of ether oxygens (including phenoxy) is 1. The molecule has 0 aromatic heterocycles. The van der Waals surface area contributed by atoms with E-state index in [0.717, 1.165) is 6.42 Å². The van der Waals surface area contributed by atoms with Gasteiger partial charge < -0.3 is 15.8 Å². The fourth-order valence-electron chi connectivity index (χ4n) is 2.23. The maximum Gasteiger partial charge on any atom is 0.254 e. The summed E-state index contributed by atoms with van der Waals surface area (Å²) in [7, 11) is 1.45. The van der Waals surface area contributed by atoms with Crippen LogP contribution in [0.3, 0.4) is 0 Å². The highest BCUT2D eigenvalue weighted by Gasteiger charge is 2.27. The van der Waals surface area contributed by atoms with Crippen LogP contribution in [0.1, 0.15) is 37.6 Å². The van der Waals surface area contributed by atoms with Crippen LogP contribution in [0.4, 0.5) is 4.39 Å². The van der Waals surface area contributed by atoms with Crippen LogP contribution in [0.25, 0.3) is 0 Å². The monoisotopic (exact) mass is 282 g/mol. The third-order valence-electron chi connectivity index (χ3n) is 3.15. The summed E-state index contributed by atoms with van der Waals surface area (Å²) in [5.41, 5.74) is 5.19. The molecule has 0 bridgehead atoms. The molecule has 1 unspecified atom stereocenters. The van der Waals surface area contributed by atoms with Gasteiger partial charge in [0.15, 0.2) is 0 Å². The van der Waals surface area contributed by atoms with Gasteiger partial charge in [-0.15, -0.1) is 0 Å². The Morgan fingerprint density at radius 3 is 2.60 bits per heavy atom. The van der Waals surface area contributed by atoms with Crippen molar-refractivity contribution < 1.29 is 13.9 Å². The second-order valence-corrected chi connectivity index (χ2v) is 5.66. The lowest BCUT2D eigenvalue weighted by Crippen LogP contribution is -2.52. The van der Waals surface area contributed by atoms with Crippen LogP contribution >= 0.6 is 0 Å². The van der Waals surface area contributed by atoms with Gasteiger partial charge in [-0.1, -0.05) is 13.8 Å². The van der Waals surface area contributed by atoms with E-state index in [1.54, 1.807) is 6.07 Å². The highest BCUT2D eigenvalue weighted by Crippen LogP contribution is 2.19. The van der Waals surface area contributed by atoms with Gasteiger partial charge in [-0.05, 0) is 31.4 Å². The lowest BCUT2D eigenvalue weighted by atomic mass is 9.90. The minimum absolute atomic E-state index is 0.00534. The molecule has 20 heavy (non-hydrogen) atoms. The molecule has 1 rings (SSSR count). The van der Waals surface area contributed by atoms with Crippen LogP contribution < -0.4 is 15.8 Å². The first-order chi connectivity index (χ1) is 9.31. The summed E-state index contributed by atoms with van der Waals surface area (Å²) in [4.78, 5) is 12.2. The number of hydrogen-bond donors (Lipinski definition) is 2. The van der Waals surface area contributed by atoms with Crippen molar-refractivity contribution in [1.29, 1.82) is 0 Å². The summed E-state index contributed by atoms with van der Waals surface area (Å²) in [6.45, 7) is 6.27. The van der Waals surface area contributed by atoms with Crippen LogP contribution in [0, 0.1) is 11.7 Å². The van der Waals surface area contributed by atoms with E-state index in [9.17, 15) is 9.18 Å². The normalized spacial score (nSPS) is 13.9. The zero-order chi connectivity index (χ0) is 15.3. The van der Waals surface area contributed by atoms with Crippen molar-refractivity contribution in [2.75, 3.05) is 13.7 Å². The van der Waals surface area contributed by atoms with E-state index >= 15 is 0 Å². The third-order valence-corrected chi connectivity index (χ3v) is 3.15. The third kappa shape index (κ3) is 4.20. The maximum absolute atomic E-state index is 13.9. The molecule has 0 aliphatic carbocycles. The SMILES string of the molecule is COc1ccc(C(=O)NC(C)(CN)CC(C)C)c(F)c1. The van der Waals surface area contributed by atoms with Gasteiger partial charge in [-0.25, -0.2) is 4.39 Å². The second-order valence-electron chi connectivity index (χ2n) is 5.66. The number of carbonyl (C=O) groups excluding carboxylic acids is 1. The minimum atomic E-state index is -0.606. The van der Waals surface area contributed by atoms with Gasteiger partial charge in [-0.3, -0.25) is 4.79 Å². The summed E-state index contributed by atoms with van der Waals surface area (Å²) < 4.78 is 18.8. The van der Waals surface area contributed by atoms with Crippen molar-refractivity contribution in [3.05, 3.63) is 29.6 Å². The van der Waals surface area contributed by atoms with Crippen molar-refractivity contribution in [3.63, 3.8) is 0 Å². The molecule has 0 spiro atoms. The molecule has 0 aliphatic heterocycles. The molecule has 3 N–H and O–H groups in total.